The van der Waals surface area contributed by atoms with E-state index in [0.29, 0.717) is 18.4 Å². The largest absolute Gasteiger partial charge is 0.481 e. The summed E-state index contributed by atoms with van der Waals surface area (Å²) in [7, 11) is 0. The van der Waals surface area contributed by atoms with Gasteiger partial charge in [0.25, 0.3) is 0 Å². The molecule has 0 heterocycles. The van der Waals surface area contributed by atoms with Gasteiger partial charge in [-0.05, 0) is 18.9 Å². The molecule has 1 amide bonds. The molecule has 5 nitrogen and oxygen atoms in total. The molecule has 2 unspecified atom stereocenters. The molecule has 1 aromatic rings. The van der Waals surface area contributed by atoms with Gasteiger partial charge >= 0.3 is 12.6 Å². The highest BCUT2D eigenvalue weighted by atomic mass is 19.3. The maximum atomic E-state index is 12.3. The fourth-order valence-electron chi connectivity index (χ4n) is 2.28. The van der Waals surface area contributed by atoms with Crippen LogP contribution in [0.1, 0.15) is 18.4 Å². The van der Waals surface area contributed by atoms with Crippen molar-refractivity contribution in [1.82, 2.24) is 5.32 Å². The number of carboxylic acid groups (broad SMARTS) is 1. The molecule has 2 rings (SSSR count). The normalized spacial score (nSPS) is 20.7. The summed E-state index contributed by atoms with van der Waals surface area (Å²) < 4.78 is 28.9. The molecule has 7 heteroatoms. The lowest BCUT2D eigenvalue weighted by atomic mass is 9.73. The van der Waals surface area contributed by atoms with Gasteiger partial charge in [0.15, 0.2) is 0 Å². The molecule has 1 aliphatic rings. The van der Waals surface area contributed by atoms with Crippen LogP contribution in [0.15, 0.2) is 24.3 Å². The predicted molar refractivity (Wildman–Crippen MR) is 68.8 cm³/mol. The Bertz CT molecular complexity index is 535. The molecule has 2 N–H and O–H groups in total. The summed E-state index contributed by atoms with van der Waals surface area (Å²) in [5.74, 6) is -2.57. The van der Waals surface area contributed by atoms with E-state index in [1.165, 1.54) is 6.07 Å². The molecule has 0 aliphatic heterocycles. The van der Waals surface area contributed by atoms with E-state index in [0.717, 1.165) is 0 Å². The number of rotatable bonds is 6. The minimum atomic E-state index is -2.94. The standard InChI is InChI=1S/C14H15F2NO4/c15-14(16)21-11-4-2-1-3-8(11)7-17-12(18)9-5-6-10(9)13(19)20/h1-4,9-10,14H,5-7H2,(H,17,18)(H,19,20). The second-order valence-corrected chi connectivity index (χ2v) is 4.83. The van der Waals surface area contributed by atoms with E-state index in [1.807, 2.05) is 0 Å². The van der Waals surface area contributed by atoms with Crippen molar-refractivity contribution >= 4 is 11.9 Å². The van der Waals surface area contributed by atoms with E-state index >= 15 is 0 Å². The van der Waals surface area contributed by atoms with E-state index in [-0.39, 0.29) is 18.2 Å². The Morgan fingerprint density at radius 3 is 2.52 bits per heavy atom. The SMILES string of the molecule is O=C(O)C1CCC1C(=O)NCc1ccccc1OC(F)F. The van der Waals surface area contributed by atoms with Gasteiger partial charge in [-0.2, -0.15) is 8.78 Å². The molecular weight excluding hydrogens is 284 g/mol. The van der Waals surface area contributed by atoms with Crippen LogP contribution in [-0.2, 0) is 16.1 Å². The number of hydrogen-bond donors (Lipinski definition) is 2. The zero-order chi connectivity index (χ0) is 15.4. The molecule has 21 heavy (non-hydrogen) atoms. The van der Waals surface area contributed by atoms with Crippen molar-refractivity contribution < 1.29 is 28.2 Å². The van der Waals surface area contributed by atoms with E-state index in [2.05, 4.69) is 10.1 Å². The zero-order valence-corrected chi connectivity index (χ0v) is 11.1. The Hall–Kier alpha value is -2.18. The number of halogens is 2. The maximum Gasteiger partial charge on any atom is 0.387 e. The average molecular weight is 299 g/mol. The molecule has 2 atom stereocenters. The summed E-state index contributed by atoms with van der Waals surface area (Å²) in [5.41, 5.74) is 0.414. The number of nitrogens with one attached hydrogen (secondary N) is 1. The zero-order valence-electron chi connectivity index (χ0n) is 11.1. The van der Waals surface area contributed by atoms with Crippen LogP contribution in [-0.4, -0.2) is 23.6 Å². The predicted octanol–water partition coefficient (Wildman–Crippen LogP) is 2.01. The van der Waals surface area contributed by atoms with Crippen molar-refractivity contribution in [1.29, 1.82) is 0 Å². The quantitative estimate of drug-likeness (QED) is 0.842. The van der Waals surface area contributed by atoms with Crippen LogP contribution < -0.4 is 10.1 Å². The number of aliphatic carboxylic acids is 1. The third-order valence-electron chi connectivity index (χ3n) is 3.57. The van der Waals surface area contributed by atoms with Crippen molar-refractivity contribution in [2.24, 2.45) is 11.8 Å². The first-order valence-corrected chi connectivity index (χ1v) is 6.52. The Morgan fingerprint density at radius 1 is 1.29 bits per heavy atom. The van der Waals surface area contributed by atoms with Gasteiger partial charge in [0, 0.05) is 12.1 Å². The fourth-order valence-corrected chi connectivity index (χ4v) is 2.28. The molecule has 0 bridgehead atoms. The van der Waals surface area contributed by atoms with Gasteiger partial charge in [0.05, 0.1) is 11.8 Å². The third-order valence-corrected chi connectivity index (χ3v) is 3.57. The Morgan fingerprint density at radius 2 is 1.95 bits per heavy atom. The highest BCUT2D eigenvalue weighted by Gasteiger charge is 2.41. The molecule has 0 spiro atoms. The van der Waals surface area contributed by atoms with Crippen molar-refractivity contribution in [2.75, 3.05) is 0 Å². The summed E-state index contributed by atoms with van der Waals surface area (Å²) in [6.07, 6.45) is 1.01. The first-order valence-electron chi connectivity index (χ1n) is 6.52. The summed E-state index contributed by atoms with van der Waals surface area (Å²) in [6.45, 7) is -2.92. The van der Waals surface area contributed by atoms with Gasteiger partial charge < -0.3 is 15.2 Å². The van der Waals surface area contributed by atoms with Gasteiger partial charge in [0.1, 0.15) is 5.75 Å². The average Bonchev–Trinajstić information content (AvgIpc) is 2.35. The van der Waals surface area contributed by atoms with Gasteiger partial charge in [-0.1, -0.05) is 18.2 Å². The number of amides is 1. The Balaban J connectivity index is 1.94. The van der Waals surface area contributed by atoms with Crippen LogP contribution in [0.5, 0.6) is 5.75 Å². The number of carboxylic acids is 1. The van der Waals surface area contributed by atoms with Crippen LogP contribution in [0.25, 0.3) is 0 Å². The van der Waals surface area contributed by atoms with Crippen molar-refractivity contribution in [3.05, 3.63) is 29.8 Å². The van der Waals surface area contributed by atoms with Gasteiger partial charge in [-0.15, -0.1) is 0 Å². The van der Waals surface area contributed by atoms with E-state index < -0.39 is 24.4 Å². The lowest BCUT2D eigenvalue weighted by Gasteiger charge is -2.31. The number of ether oxygens (including phenoxy) is 1. The molecule has 0 aromatic heterocycles. The van der Waals surface area contributed by atoms with Crippen molar-refractivity contribution in [3.63, 3.8) is 0 Å². The molecule has 1 saturated carbocycles. The Kier molecular flexibility index (Phi) is 4.72. The number of hydrogen-bond acceptors (Lipinski definition) is 3. The third kappa shape index (κ3) is 3.68. The maximum absolute atomic E-state index is 12.3. The van der Waals surface area contributed by atoms with Crippen molar-refractivity contribution in [3.8, 4) is 5.75 Å². The molecule has 0 radical (unpaired) electrons. The fraction of sp³-hybridized carbons (Fsp3) is 0.429. The minimum absolute atomic E-state index is 0.00352. The molecule has 1 aliphatic carbocycles. The summed E-state index contributed by atoms with van der Waals surface area (Å²) in [6, 6.07) is 6.14. The Labute approximate surface area is 119 Å². The topological polar surface area (TPSA) is 75.6 Å². The second kappa shape index (κ2) is 6.51. The van der Waals surface area contributed by atoms with Gasteiger partial charge in [0.2, 0.25) is 5.91 Å². The van der Waals surface area contributed by atoms with Gasteiger partial charge in [-0.3, -0.25) is 9.59 Å². The molecule has 114 valence electrons. The summed E-state index contributed by atoms with van der Waals surface area (Å²) in [4.78, 5) is 22.7. The number of carbonyl (C=O) groups is 2. The number of alkyl halides is 2. The van der Waals surface area contributed by atoms with E-state index in [1.54, 1.807) is 18.2 Å². The first kappa shape index (κ1) is 15.2. The lowest BCUT2D eigenvalue weighted by molar-refractivity contribution is -0.152. The molecule has 1 fully saturated rings. The summed E-state index contributed by atoms with van der Waals surface area (Å²) in [5, 5.41) is 11.5. The lowest BCUT2D eigenvalue weighted by Crippen LogP contribution is -2.43. The highest BCUT2D eigenvalue weighted by molar-refractivity contribution is 5.86. The monoisotopic (exact) mass is 299 g/mol. The summed E-state index contributed by atoms with van der Waals surface area (Å²) >= 11 is 0. The molecule has 0 saturated heterocycles. The minimum Gasteiger partial charge on any atom is -0.481 e. The van der Waals surface area contributed by atoms with Crippen LogP contribution in [0.2, 0.25) is 0 Å². The van der Waals surface area contributed by atoms with Gasteiger partial charge in [-0.25, -0.2) is 0 Å². The smallest absolute Gasteiger partial charge is 0.387 e. The molecule has 1 aromatic carbocycles. The van der Waals surface area contributed by atoms with Crippen LogP contribution in [0.3, 0.4) is 0 Å². The van der Waals surface area contributed by atoms with E-state index in [9.17, 15) is 18.4 Å². The van der Waals surface area contributed by atoms with Crippen LogP contribution in [0, 0.1) is 11.8 Å². The number of benzene rings is 1. The second-order valence-electron chi connectivity index (χ2n) is 4.83. The van der Waals surface area contributed by atoms with E-state index in [4.69, 9.17) is 5.11 Å². The van der Waals surface area contributed by atoms with Crippen LogP contribution >= 0.6 is 0 Å². The first-order chi connectivity index (χ1) is 9.99. The van der Waals surface area contributed by atoms with Crippen molar-refractivity contribution in [2.45, 2.75) is 26.0 Å². The number of para-hydroxylation sites is 1. The van der Waals surface area contributed by atoms with Crippen LogP contribution in [0.4, 0.5) is 8.78 Å². The number of carbonyl (C=O) groups excluding carboxylic acids is 1. The highest BCUT2D eigenvalue weighted by Crippen LogP contribution is 2.34. The molecular formula is C14H15F2NO4.